The Labute approximate surface area is 562 Å². The monoisotopic (exact) mass is 1410 g/mol. The van der Waals surface area contributed by atoms with Crippen LogP contribution >= 0.6 is 15.9 Å². The van der Waals surface area contributed by atoms with Crippen LogP contribution in [-0.4, -0.2) is 182 Å². The van der Waals surface area contributed by atoms with Crippen molar-refractivity contribution in [3.63, 3.8) is 0 Å². The number of hydrogen-bond donors (Lipinski definition) is 9. The van der Waals surface area contributed by atoms with Gasteiger partial charge in [-0.1, -0.05) is 32.0 Å². The number of H-pyrrole nitrogens is 1. The zero-order valence-electron chi connectivity index (χ0n) is 53.7. The highest BCUT2D eigenvalue weighted by molar-refractivity contribution is 9.10. The normalized spacial score (nSPS) is 12.8. The van der Waals surface area contributed by atoms with Crippen LogP contribution in [0.5, 0.6) is 5.75 Å². The third-order valence-electron chi connectivity index (χ3n) is 14.2. The van der Waals surface area contributed by atoms with Gasteiger partial charge in [-0.2, -0.15) is 0 Å². The molecule has 0 bridgehead atoms. The summed E-state index contributed by atoms with van der Waals surface area (Å²) in [6.45, 7) is 10.7. The average molecular weight is 1410 g/mol. The second-order valence-electron chi connectivity index (χ2n) is 22.2. The van der Waals surface area contributed by atoms with Gasteiger partial charge in [-0.05, 0) is 116 Å². The van der Waals surface area contributed by atoms with Crippen molar-refractivity contribution in [2.24, 2.45) is 11.7 Å². The zero-order chi connectivity index (χ0) is 69.2. The number of nitrogens with zero attached hydrogens (tertiary/aromatic N) is 5. The topological polar surface area (TPSA) is 407 Å². The Balaban J connectivity index is 0.830. The van der Waals surface area contributed by atoms with Crippen molar-refractivity contribution in [3.8, 4) is 28.5 Å². The molecule has 9 amide bonds. The van der Waals surface area contributed by atoms with Gasteiger partial charge >= 0.3 is 12.1 Å². The number of anilines is 2. The minimum absolute atomic E-state index is 0.0506. The number of aryl methyl sites for hydroxylation is 1. The van der Waals surface area contributed by atoms with Crippen LogP contribution in [-0.2, 0) is 70.8 Å². The number of alkyl carbamates (subject to hydrolysis) is 1. The van der Waals surface area contributed by atoms with Crippen LogP contribution in [0, 0.1) is 12.8 Å². The Hall–Kier alpha value is -9.47. The molecule has 2 aromatic carbocycles. The molecule has 0 aliphatic carbocycles. The van der Waals surface area contributed by atoms with Crippen LogP contribution in [0.15, 0.2) is 102 Å². The van der Waals surface area contributed by atoms with Gasteiger partial charge in [0, 0.05) is 52.7 Å². The fourth-order valence-electron chi connectivity index (χ4n) is 9.05. The predicted molar refractivity (Wildman–Crippen MR) is 356 cm³/mol. The zero-order valence-corrected chi connectivity index (χ0v) is 56.1. The number of urea groups is 1. The first-order valence-electron chi connectivity index (χ1n) is 30.8. The number of hydrogen-bond acceptors (Lipinski definition) is 21. The summed E-state index contributed by atoms with van der Waals surface area (Å²) in [6.07, 6.45) is 3.59. The molecule has 1 aliphatic rings. The quantitative estimate of drug-likeness (QED) is 0.0182. The summed E-state index contributed by atoms with van der Waals surface area (Å²) >= 11 is 3.35. The van der Waals surface area contributed by atoms with E-state index in [9.17, 15) is 46.8 Å². The molecule has 7 rings (SSSR count). The molecular weight excluding hydrogens is 1330 g/mol. The van der Waals surface area contributed by atoms with Gasteiger partial charge in [0.2, 0.25) is 27.7 Å². The number of sulfonamides is 1. The van der Waals surface area contributed by atoms with Crippen molar-refractivity contribution >= 4 is 95.9 Å². The molecule has 5 heterocycles. The lowest BCUT2D eigenvalue weighted by Gasteiger charge is -2.25. The summed E-state index contributed by atoms with van der Waals surface area (Å²) in [5.41, 5.74) is 10.9. The van der Waals surface area contributed by atoms with E-state index < -0.39 is 63.1 Å². The molecule has 0 saturated heterocycles. The van der Waals surface area contributed by atoms with Gasteiger partial charge in [-0.15, -0.1) is 0 Å². The molecule has 96 heavy (non-hydrogen) atoms. The van der Waals surface area contributed by atoms with Gasteiger partial charge < -0.3 is 71.0 Å². The van der Waals surface area contributed by atoms with E-state index in [1.165, 1.54) is 32.1 Å². The van der Waals surface area contributed by atoms with Crippen LogP contribution in [0.4, 0.5) is 21.0 Å². The Morgan fingerprint density at radius 3 is 2.08 bits per heavy atom. The van der Waals surface area contributed by atoms with E-state index in [-0.39, 0.29) is 115 Å². The van der Waals surface area contributed by atoms with Crippen molar-refractivity contribution in [3.05, 3.63) is 124 Å². The number of nitrogens with two attached hydrogens (primary N) is 1. The number of imide groups is 1. The maximum Gasteiger partial charge on any atom is 0.407 e. The Morgan fingerprint density at radius 1 is 0.719 bits per heavy atom. The SMILES string of the molecule is Cc1cccc(-c2nc(CNc3ccc(Br)c(C(=O)NS(=O)(=O)C(C)C)c3)[nH]c2-c2ccc3ncc(OCCNC(=O)OCc4ccc(NC(=O)[C@H](CCCNC(N)=O)NC(=O)[C@@H](NC(=O)CCOCCOCCOCCOCCN5C(=O)C=CC5=O)C(C)C)cc4)cc3n2)n1. The number of rotatable bonds is 39. The molecule has 0 radical (unpaired) electrons. The standard InChI is InChI=1S/C64H79BrN14O16S/c1-39(2)57(77-54(80)21-25-90-28-30-92-32-33-93-31-29-91-27-24-79-55(81)19-20-56(79)82)62(85)74-51(10-7-22-67-63(66)86)61(84)72-43-13-11-42(12-14-43)38-95-64(87)68-23-26-94-45-35-52-48(70-36-45)17-18-50(73-52)59-58(49-9-6-8-41(5)71-49)75-53(76-59)37-69-44-15-16-47(65)46(34-44)60(83)78-96(88,89)40(3)4/h6,8-9,11-20,34-36,39-40,51,57,69H,7,10,21-33,37-38H2,1-5H3,(H,68,87)(H,72,84)(H,74,85)(H,75,76)(H,77,80)(H,78,83)(H3,66,67,86)/t51-,57-/m0/s1. The average Bonchev–Trinajstić information content (AvgIpc) is 1.56. The van der Waals surface area contributed by atoms with Gasteiger partial charge in [0.15, 0.2) is 0 Å². The summed E-state index contributed by atoms with van der Waals surface area (Å²) in [5.74, 6) is -2.59. The van der Waals surface area contributed by atoms with Crippen LogP contribution in [0.3, 0.4) is 0 Å². The predicted octanol–water partition coefficient (Wildman–Crippen LogP) is 4.93. The van der Waals surface area contributed by atoms with Crippen LogP contribution < -0.4 is 47.1 Å². The van der Waals surface area contributed by atoms with Crippen molar-refractivity contribution in [2.45, 2.75) is 84.4 Å². The molecule has 4 aromatic heterocycles. The molecule has 30 nitrogen and oxygen atoms in total. The minimum Gasteiger partial charge on any atom is -0.490 e. The highest BCUT2D eigenvalue weighted by Crippen LogP contribution is 2.31. The minimum atomic E-state index is -3.87. The van der Waals surface area contributed by atoms with Gasteiger partial charge in [-0.25, -0.2) is 32.7 Å². The number of imidazole rings is 1. The number of fused-ring (bicyclic) bond motifs is 1. The third kappa shape index (κ3) is 23.5. The number of primary amides is 1. The maximum absolute atomic E-state index is 13.7. The largest absolute Gasteiger partial charge is 0.490 e. The Kier molecular flexibility index (Phi) is 28.5. The summed E-state index contributed by atoms with van der Waals surface area (Å²) < 4.78 is 60.6. The van der Waals surface area contributed by atoms with E-state index in [4.69, 9.17) is 49.1 Å². The Bertz CT molecular complexity index is 3820. The summed E-state index contributed by atoms with van der Waals surface area (Å²) in [7, 11) is -3.87. The lowest BCUT2D eigenvalue weighted by atomic mass is 10.0. The fourth-order valence-corrected chi connectivity index (χ4v) is 10.1. The molecule has 10 N–H and O–H groups in total. The molecule has 2 atom stereocenters. The molecule has 0 unspecified atom stereocenters. The highest BCUT2D eigenvalue weighted by Gasteiger charge is 2.30. The molecule has 6 aromatic rings. The van der Waals surface area contributed by atoms with E-state index >= 15 is 0 Å². The summed E-state index contributed by atoms with van der Waals surface area (Å²) in [6, 6.07) is 19.5. The molecular formula is C64H79BrN14O16S. The van der Waals surface area contributed by atoms with Crippen LogP contribution in [0.1, 0.15) is 74.4 Å². The number of carbonyl (C=O) groups is 8. The number of pyridine rings is 3. The number of ether oxygens (including phenoxy) is 6. The number of aromatic amines is 1. The molecule has 0 fully saturated rings. The van der Waals surface area contributed by atoms with Gasteiger partial charge in [0.05, 0.1) is 118 Å². The van der Waals surface area contributed by atoms with E-state index in [0.29, 0.717) is 86.6 Å². The first kappa shape index (κ1) is 73.9. The Morgan fingerprint density at radius 2 is 1.41 bits per heavy atom. The molecule has 0 spiro atoms. The van der Waals surface area contributed by atoms with Gasteiger partial charge in [-0.3, -0.25) is 43.6 Å². The van der Waals surface area contributed by atoms with E-state index in [0.717, 1.165) is 10.6 Å². The molecule has 32 heteroatoms. The van der Waals surface area contributed by atoms with Crippen molar-refractivity contribution in [1.82, 2.24) is 55.8 Å². The first-order chi connectivity index (χ1) is 46.0. The molecule has 0 saturated carbocycles. The lowest BCUT2D eigenvalue weighted by molar-refractivity contribution is -0.137. The van der Waals surface area contributed by atoms with E-state index in [1.807, 2.05) is 31.2 Å². The van der Waals surface area contributed by atoms with Crippen LogP contribution in [0.25, 0.3) is 33.8 Å². The number of halogens is 1. The number of benzene rings is 2. The fraction of sp³-hybridized carbons (Fsp3) is 0.406. The van der Waals surface area contributed by atoms with Crippen molar-refractivity contribution in [1.29, 1.82) is 0 Å². The second kappa shape index (κ2) is 37.0. The third-order valence-corrected chi connectivity index (χ3v) is 16.6. The second-order valence-corrected chi connectivity index (χ2v) is 25.3. The smallest absolute Gasteiger partial charge is 0.407 e. The number of nitrogens with one attached hydrogen (secondary N) is 8. The number of carbonyl (C=O) groups excluding carboxylic acids is 8. The van der Waals surface area contributed by atoms with Crippen molar-refractivity contribution in [2.75, 3.05) is 89.7 Å². The van der Waals surface area contributed by atoms with Gasteiger partial charge in [0.25, 0.3) is 17.7 Å². The number of amides is 9. The summed E-state index contributed by atoms with van der Waals surface area (Å²) in [5, 5.41) is 15.8. The highest BCUT2D eigenvalue weighted by atomic mass is 79.9. The van der Waals surface area contributed by atoms with E-state index in [2.05, 4.69) is 62.5 Å². The summed E-state index contributed by atoms with van der Waals surface area (Å²) in [4.78, 5) is 124. The first-order valence-corrected chi connectivity index (χ1v) is 33.2. The van der Waals surface area contributed by atoms with Gasteiger partial charge in [0.1, 0.15) is 42.6 Å². The molecule has 1 aliphatic heterocycles. The maximum atomic E-state index is 13.7. The van der Waals surface area contributed by atoms with E-state index in [1.54, 1.807) is 68.6 Å². The lowest BCUT2D eigenvalue weighted by Crippen LogP contribution is -2.54. The molecule has 514 valence electrons. The van der Waals surface area contributed by atoms with Crippen LogP contribution in [0.2, 0.25) is 0 Å². The number of aromatic nitrogens is 5. The van der Waals surface area contributed by atoms with Crippen molar-refractivity contribution < 1.29 is 75.2 Å².